The lowest BCUT2D eigenvalue weighted by Crippen LogP contribution is -2.49. The van der Waals surface area contributed by atoms with Crippen molar-refractivity contribution in [3.63, 3.8) is 0 Å². The molecule has 1 saturated heterocycles. The van der Waals surface area contributed by atoms with E-state index in [2.05, 4.69) is 5.32 Å². The third-order valence-electron chi connectivity index (χ3n) is 4.46. The zero-order chi connectivity index (χ0) is 17.1. The first-order valence-corrected chi connectivity index (χ1v) is 8.20. The minimum Gasteiger partial charge on any atom is -0.339 e. The van der Waals surface area contributed by atoms with Gasteiger partial charge in [-0.15, -0.1) is 12.4 Å². The molecule has 1 N–H and O–H groups in total. The van der Waals surface area contributed by atoms with Crippen LogP contribution in [0.4, 0.5) is 0 Å². The van der Waals surface area contributed by atoms with Crippen LogP contribution in [0.2, 0.25) is 0 Å². The lowest BCUT2D eigenvalue weighted by atomic mass is 10.1. The van der Waals surface area contributed by atoms with Crippen molar-refractivity contribution in [1.29, 1.82) is 0 Å². The molecule has 0 aliphatic carbocycles. The van der Waals surface area contributed by atoms with E-state index >= 15 is 0 Å². The lowest BCUT2D eigenvalue weighted by Gasteiger charge is -2.29. The van der Waals surface area contributed by atoms with Gasteiger partial charge < -0.3 is 10.2 Å². The summed E-state index contributed by atoms with van der Waals surface area (Å²) in [6, 6.07) is 6.86. The highest BCUT2D eigenvalue weighted by molar-refractivity contribution is 6.21. The van der Waals surface area contributed by atoms with Gasteiger partial charge in [-0.2, -0.15) is 0 Å². The SMILES string of the molecule is CN(CCN1C(=O)c2ccccc2C1=O)CC(=O)N1CCNCC1.Cl. The van der Waals surface area contributed by atoms with Crippen LogP contribution in [0, 0.1) is 0 Å². The Bertz CT molecular complexity index is 626. The Morgan fingerprint density at radius 3 is 2.24 bits per heavy atom. The summed E-state index contributed by atoms with van der Waals surface area (Å²) < 4.78 is 0. The molecular formula is C17H23ClN4O3. The molecule has 2 aliphatic rings. The number of likely N-dealkylation sites (N-methyl/N-ethyl adjacent to an activating group) is 1. The summed E-state index contributed by atoms with van der Waals surface area (Å²) in [5, 5.41) is 3.21. The maximum Gasteiger partial charge on any atom is 0.261 e. The third-order valence-corrected chi connectivity index (χ3v) is 4.46. The van der Waals surface area contributed by atoms with E-state index in [0.29, 0.717) is 24.2 Å². The molecule has 25 heavy (non-hydrogen) atoms. The first-order valence-electron chi connectivity index (χ1n) is 8.20. The van der Waals surface area contributed by atoms with Crippen LogP contribution in [-0.2, 0) is 4.79 Å². The van der Waals surface area contributed by atoms with Crippen LogP contribution in [0.15, 0.2) is 24.3 Å². The van der Waals surface area contributed by atoms with Crippen LogP contribution < -0.4 is 5.32 Å². The lowest BCUT2D eigenvalue weighted by molar-refractivity contribution is -0.132. The van der Waals surface area contributed by atoms with E-state index < -0.39 is 0 Å². The van der Waals surface area contributed by atoms with Gasteiger partial charge in [0.05, 0.1) is 17.7 Å². The largest absolute Gasteiger partial charge is 0.339 e. The van der Waals surface area contributed by atoms with Gasteiger partial charge in [0.1, 0.15) is 0 Å². The quantitative estimate of drug-likeness (QED) is 0.746. The molecule has 0 radical (unpaired) electrons. The topological polar surface area (TPSA) is 73.0 Å². The molecule has 2 heterocycles. The van der Waals surface area contributed by atoms with E-state index in [9.17, 15) is 14.4 Å². The molecule has 0 saturated carbocycles. The average Bonchev–Trinajstić information content (AvgIpc) is 2.85. The van der Waals surface area contributed by atoms with Crippen LogP contribution in [0.3, 0.4) is 0 Å². The van der Waals surface area contributed by atoms with Gasteiger partial charge in [-0.25, -0.2) is 0 Å². The smallest absolute Gasteiger partial charge is 0.261 e. The van der Waals surface area contributed by atoms with E-state index in [0.717, 1.165) is 26.2 Å². The minimum atomic E-state index is -0.252. The Morgan fingerprint density at radius 1 is 1.12 bits per heavy atom. The van der Waals surface area contributed by atoms with Gasteiger partial charge in [-0.05, 0) is 19.2 Å². The number of hydrogen-bond donors (Lipinski definition) is 1. The molecular weight excluding hydrogens is 344 g/mol. The van der Waals surface area contributed by atoms with E-state index in [-0.39, 0.29) is 36.7 Å². The standard InChI is InChI=1S/C17H22N4O3.ClH/c1-19(12-15(22)20-8-6-18-7-9-20)10-11-21-16(23)13-4-2-3-5-14(13)17(21)24;/h2-5,18H,6-12H2,1H3;1H. The Kier molecular flexibility index (Phi) is 6.52. The van der Waals surface area contributed by atoms with Gasteiger partial charge in [-0.3, -0.25) is 24.2 Å². The zero-order valence-electron chi connectivity index (χ0n) is 14.2. The minimum absolute atomic E-state index is 0. The molecule has 0 unspecified atom stereocenters. The number of piperazine rings is 1. The summed E-state index contributed by atoms with van der Waals surface area (Å²) >= 11 is 0. The molecule has 3 amide bonds. The van der Waals surface area contributed by atoms with Crippen LogP contribution in [0.5, 0.6) is 0 Å². The number of amides is 3. The fourth-order valence-electron chi connectivity index (χ4n) is 3.04. The molecule has 8 heteroatoms. The molecule has 1 fully saturated rings. The van der Waals surface area contributed by atoms with Gasteiger partial charge in [0.15, 0.2) is 0 Å². The van der Waals surface area contributed by atoms with Crippen LogP contribution in [0.1, 0.15) is 20.7 Å². The van der Waals surface area contributed by atoms with Crippen molar-refractivity contribution in [3.8, 4) is 0 Å². The molecule has 7 nitrogen and oxygen atoms in total. The summed E-state index contributed by atoms with van der Waals surface area (Å²) in [7, 11) is 1.83. The first kappa shape index (κ1) is 19.4. The van der Waals surface area contributed by atoms with E-state index in [4.69, 9.17) is 0 Å². The number of halogens is 1. The third kappa shape index (κ3) is 4.18. The number of carbonyl (C=O) groups excluding carboxylic acids is 3. The van der Waals surface area contributed by atoms with Gasteiger partial charge in [0.25, 0.3) is 11.8 Å². The normalized spacial score (nSPS) is 16.9. The van der Waals surface area contributed by atoms with Crippen molar-refractivity contribution in [2.45, 2.75) is 0 Å². The Morgan fingerprint density at radius 2 is 1.68 bits per heavy atom. The summed E-state index contributed by atoms with van der Waals surface area (Å²) in [5.74, 6) is -0.420. The van der Waals surface area contributed by atoms with Gasteiger partial charge in [0, 0.05) is 39.3 Å². The van der Waals surface area contributed by atoms with E-state index in [1.807, 2.05) is 16.8 Å². The molecule has 0 spiro atoms. The molecule has 3 rings (SSSR count). The van der Waals surface area contributed by atoms with Crippen molar-refractivity contribution in [3.05, 3.63) is 35.4 Å². The molecule has 2 aliphatic heterocycles. The molecule has 136 valence electrons. The van der Waals surface area contributed by atoms with E-state index in [1.165, 1.54) is 4.90 Å². The predicted octanol–water partition coefficient (Wildman–Crippen LogP) is 0.0680. The Hall–Kier alpha value is -1.96. The van der Waals surface area contributed by atoms with Gasteiger partial charge in [-0.1, -0.05) is 12.1 Å². The maximum atomic E-state index is 12.3. The second-order valence-electron chi connectivity index (χ2n) is 6.18. The first-order chi connectivity index (χ1) is 11.6. The number of carbonyl (C=O) groups is 3. The predicted molar refractivity (Wildman–Crippen MR) is 96.0 cm³/mol. The Balaban J connectivity index is 0.00000225. The van der Waals surface area contributed by atoms with Crippen LogP contribution in [0.25, 0.3) is 0 Å². The molecule has 0 atom stereocenters. The number of nitrogens with zero attached hydrogens (tertiary/aromatic N) is 3. The number of nitrogens with one attached hydrogen (secondary N) is 1. The number of hydrogen-bond acceptors (Lipinski definition) is 5. The van der Waals surface area contributed by atoms with Gasteiger partial charge in [0.2, 0.25) is 5.91 Å². The van der Waals surface area contributed by atoms with Crippen molar-refractivity contribution >= 4 is 30.1 Å². The van der Waals surface area contributed by atoms with Gasteiger partial charge >= 0.3 is 0 Å². The highest BCUT2D eigenvalue weighted by Crippen LogP contribution is 2.21. The second kappa shape index (κ2) is 8.42. The fourth-order valence-corrected chi connectivity index (χ4v) is 3.04. The average molecular weight is 367 g/mol. The summed E-state index contributed by atoms with van der Waals surface area (Å²) in [4.78, 5) is 41.8. The molecule has 1 aromatic carbocycles. The van der Waals surface area contributed by atoms with Crippen LogP contribution >= 0.6 is 12.4 Å². The van der Waals surface area contributed by atoms with Crippen molar-refractivity contribution in [2.75, 3.05) is 52.9 Å². The second-order valence-corrected chi connectivity index (χ2v) is 6.18. The highest BCUT2D eigenvalue weighted by atomic mass is 35.5. The number of imide groups is 1. The van der Waals surface area contributed by atoms with Crippen molar-refractivity contribution in [2.24, 2.45) is 0 Å². The molecule has 0 bridgehead atoms. The molecule has 0 aromatic heterocycles. The Labute approximate surface area is 153 Å². The summed E-state index contributed by atoms with van der Waals surface area (Å²) in [6.45, 7) is 4.16. The fraction of sp³-hybridized carbons (Fsp3) is 0.471. The zero-order valence-corrected chi connectivity index (χ0v) is 15.1. The number of fused-ring (bicyclic) bond motifs is 1. The summed E-state index contributed by atoms with van der Waals surface area (Å²) in [6.07, 6.45) is 0. The monoisotopic (exact) mass is 366 g/mol. The number of rotatable bonds is 5. The van der Waals surface area contributed by atoms with Crippen molar-refractivity contribution < 1.29 is 14.4 Å². The van der Waals surface area contributed by atoms with Crippen LogP contribution in [-0.4, -0.2) is 85.3 Å². The molecule has 1 aromatic rings. The van der Waals surface area contributed by atoms with Crippen molar-refractivity contribution in [1.82, 2.24) is 20.0 Å². The summed E-state index contributed by atoms with van der Waals surface area (Å²) in [5.41, 5.74) is 0.920. The van der Waals surface area contributed by atoms with E-state index in [1.54, 1.807) is 24.3 Å². The maximum absolute atomic E-state index is 12.3. The number of benzene rings is 1. The highest BCUT2D eigenvalue weighted by Gasteiger charge is 2.34.